The van der Waals surface area contributed by atoms with Crippen LogP contribution in [0, 0.1) is 0 Å². The molecule has 1 aliphatic rings. The summed E-state index contributed by atoms with van der Waals surface area (Å²) >= 11 is 6.21. The van der Waals surface area contributed by atoms with Crippen LogP contribution in [0.1, 0.15) is 22.9 Å². The van der Waals surface area contributed by atoms with Crippen LogP contribution in [0.3, 0.4) is 0 Å². The first-order valence-corrected chi connectivity index (χ1v) is 10.5. The van der Waals surface area contributed by atoms with Gasteiger partial charge in [0.1, 0.15) is 0 Å². The summed E-state index contributed by atoms with van der Waals surface area (Å²) in [4.78, 5) is 18.7. The fourth-order valence-corrected chi connectivity index (χ4v) is 4.59. The van der Waals surface area contributed by atoms with E-state index in [1.165, 1.54) is 22.2 Å². The van der Waals surface area contributed by atoms with Gasteiger partial charge in [0.2, 0.25) is 5.91 Å². The molecule has 0 aliphatic carbocycles. The maximum absolute atomic E-state index is 12.9. The summed E-state index contributed by atoms with van der Waals surface area (Å²) < 4.78 is 0. The molecule has 1 unspecified atom stereocenters. The van der Waals surface area contributed by atoms with Crippen molar-refractivity contribution in [2.75, 3.05) is 18.4 Å². The van der Waals surface area contributed by atoms with Crippen molar-refractivity contribution < 1.29 is 4.79 Å². The van der Waals surface area contributed by atoms with Gasteiger partial charge in [0.15, 0.2) is 0 Å². The molecule has 5 rings (SSSR count). The van der Waals surface area contributed by atoms with Crippen LogP contribution in [0.5, 0.6) is 0 Å². The minimum Gasteiger partial charge on any atom is -0.357 e. The van der Waals surface area contributed by atoms with Gasteiger partial charge in [0.05, 0.1) is 23.3 Å². The highest BCUT2D eigenvalue weighted by atomic mass is 35.5. The summed E-state index contributed by atoms with van der Waals surface area (Å²) in [7, 11) is 0. The topological polar surface area (TPSA) is 48.1 Å². The average molecular weight is 416 g/mol. The maximum atomic E-state index is 12.9. The second kappa shape index (κ2) is 7.98. The Morgan fingerprint density at radius 3 is 2.57 bits per heavy atom. The minimum absolute atomic E-state index is 0.000606. The Morgan fingerprint density at radius 2 is 1.73 bits per heavy atom. The van der Waals surface area contributed by atoms with E-state index in [-0.39, 0.29) is 11.9 Å². The zero-order chi connectivity index (χ0) is 20.5. The van der Waals surface area contributed by atoms with Crippen molar-refractivity contribution in [2.45, 2.75) is 12.5 Å². The Bertz CT molecular complexity index is 1200. The van der Waals surface area contributed by atoms with Crippen LogP contribution in [0.4, 0.5) is 5.69 Å². The largest absolute Gasteiger partial charge is 0.357 e. The van der Waals surface area contributed by atoms with Gasteiger partial charge >= 0.3 is 0 Å². The molecule has 1 aliphatic heterocycles. The first-order valence-electron chi connectivity index (χ1n) is 10.1. The van der Waals surface area contributed by atoms with E-state index >= 15 is 0 Å². The lowest BCUT2D eigenvalue weighted by Crippen LogP contribution is -2.41. The quantitative estimate of drug-likeness (QED) is 0.468. The molecule has 0 fully saturated rings. The third-order valence-electron chi connectivity index (χ3n) is 5.74. The van der Waals surface area contributed by atoms with E-state index in [2.05, 4.69) is 51.6 Å². The summed E-state index contributed by atoms with van der Waals surface area (Å²) in [6, 6.07) is 26.1. The van der Waals surface area contributed by atoms with Crippen molar-refractivity contribution in [2.24, 2.45) is 0 Å². The van der Waals surface area contributed by atoms with Crippen molar-refractivity contribution in [3.63, 3.8) is 0 Å². The van der Waals surface area contributed by atoms with Crippen LogP contribution in [-0.2, 0) is 11.2 Å². The van der Waals surface area contributed by atoms with Crippen molar-refractivity contribution >= 4 is 34.1 Å². The summed E-state index contributed by atoms with van der Waals surface area (Å²) in [5.41, 5.74) is 5.49. The molecule has 0 saturated carbocycles. The highest BCUT2D eigenvalue weighted by Gasteiger charge is 2.32. The number of rotatable bonds is 4. The van der Waals surface area contributed by atoms with Gasteiger partial charge in [-0.2, -0.15) is 0 Å². The van der Waals surface area contributed by atoms with Gasteiger partial charge in [-0.15, -0.1) is 0 Å². The average Bonchev–Trinajstić information content (AvgIpc) is 3.14. The molecule has 0 bridgehead atoms. The summed E-state index contributed by atoms with van der Waals surface area (Å²) in [5.74, 6) is -0.0661. The fourth-order valence-electron chi connectivity index (χ4n) is 4.41. The molecular weight excluding hydrogens is 394 g/mol. The third-order valence-corrected chi connectivity index (χ3v) is 6.07. The van der Waals surface area contributed by atoms with Gasteiger partial charge in [0.25, 0.3) is 0 Å². The van der Waals surface area contributed by atoms with Crippen LogP contribution in [0.2, 0.25) is 5.02 Å². The minimum atomic E-state index is -0.0661. The zero-order valence-corrected chi connectivity index (χ0v) is 17.2. The number of H-pyrrole nitrogens is 1. The van der Waals surface area contributed by atoms with Gasteiger partial charge in [-0.3, -0.25) is 9.69 Å². The van der Waals surface area contributed by atoms with Crippen LogP contribution in [-0.4, -0.2) is 28.9 Å². The number of nitrogens with zero attached hydrogens (tertiary/aromatic N) is 1. The summed E-state index contributed by atoms with van der Waals surface area (Å²) in [6.07, 6.45) is 0.905. The lowest BCUT2D eigenvalue weighted by Gasteiger charge is -2.35. The monoisotopic (exact) mass is 415 g/mol. The van der Waals surface area contributed by atoms with Crippen molar-refractivity contribution in [1.29, 1.82) is 0 Å². The van der Waals surface area contributed by atoms with Crippen LogP contribution >= 0.6 is 11.6 Å². The first kappa shape index (κ1) is 18.9. The number of carbonyl (C=O) groups is 1. The van der Waals surface area contributed by atoms with Crippen molar-refractivity contribution in [3.8, 4) is 0 Å². The number of nitrogens with one attached hydrogen (secondary N) is 2. The molecule has 150 valence electrons. The highest BCUT2D eigenvalue weighted by Crippen LogP contribution is 2.38. The molecule has 2 N–H and O–H groups in total. The van der Waals surface area contributed by atoms with Gasteiger partial charge in [-0.1, -0.05) is 72.3 Å². The Labute approximate surface area is 180 Å². The molecule has 1 amide bonds. The lowest BCUT2D eigenvalue weighted by atomic mass is 9.92. The standard InChI is InChI=1S/C25H22ClN3O/c26-20-11-5-7-13-22(20)27-23(30)16-29-15-14-19-18-10-4-6-12-21(18)28-24(19)25(29)17-8-2-1-3-9-17/h1-13,25,28H,14-16H2,(H,27,30). The van der Waals surface area contributed by atoms with E-state index in [4.69, 9.17) is 11.6 Å². The van der Waals surface area contributed by atoms with E-state index in [9.17, 15) is 4.79 Å². The van der Waals surface area contributed by atoms with Gasteiger partial charge in [-0.05, 0) is 35.7 Å². The molecule has 5 heteroatoms. The smallest absolute Gasteiger partial charge is 0.238 e. The van der Waals surface area contributed by atoms with E-state index in [1.54, 1.807) is 6.07 Å². The van der Waals surface area contributed by atoms with Crippen LogP contribution < -0.4 is 5.32 Å². The second-order valence-electron chi connectivity index (χ2n) is 7.62. The number of carbonyl (C=O) groups excluding carboxylic acids is 1. The van der Waals surface area contributed by atoms with Crippen LogP contribution in [0.25, 0.3) is 10.9 Å². The molecule has 0 spiro atoms. The van der Waals surface area contributed by atoms with Crippen LogP contribution in [0.15, 0.2) is 78.9 Å². The number of hydrogen-bond acceptors (Lipinski definition) is 2. The van der Waals surface area contributed by atoms with Gasteiger partial charge in [-0.25, -0.2) is 0 Å². The van der Waals surface area contributed by atoms with E-state index in [0.717, 1.165) is 18.5 Å². The molecule has 2 heterocycles. The first-order chi connectivity index (χ1) is 14.7. The number of halogens is 1. The molecule has 1 aromatic heterocycles. The SMILES string of the molecule is O=C(CN1CCc2c([nH]c3ccccc23)C1c1ccccc1)Nc1ccccc1Cl. The molecule has 4 aromatic rings. The van der Waals surface area contributed by atoms with Crippen molar-refractivity contribution in [3.05, 3.63) is 101 Å². The molecule has 1 atom stereocenters. The predicted molar refractivity (Wildman–Crippen MR) is 122 cm³/mol. The lowest BCUT2D eigenvalue weighted by molar-refractivity contribution is -0.117. The molecule has 3 aromatic carbocycles. The molecule has 30 heavy (non-hydrogen) atoms. The van der Waals surface area contributed by atoms with E-state index < -0.39 is 0 Å². The predicted octanol–water partition coefficient (Wildman–Crippen LogP) is 5.41. The maximum Gasteiger partial charge on any atom is 0.238 e. The number of aromatic nitrogens is 1. The Balaban J connectivity index is 1.48. The second-order valence-corrected chi connectivity index (χ2v) is 8.03. The number of para-hydroxylation sites is 2. The molecule has 4 nitrogen and oxygen atoms in total. The molecule has 0 radical (unpaired) electrons. The van der Waals surface area contributed by atoms with Gasteiger partial charge < -0.3 is 10.3 Å². The number of aromatic amines is 1. The highest BCUT2D eigenvalue weighted by molar-refractivity contribution is 6.33. The number of amides is 1. The third kappa shape index (κ3) is 3.49. The summed E-state index contributed by atoms with van der Waals surface area (Å²) in [5, 5.41) is 4.77. The summed E-state index contributed by atoms with van der Waals surface area (Å²) in [6.45, 7) is 1.10. The fraction of sp³-hybridized carbons (Fsp3) is 0.160. The Hall–Kier alpha value is -3.08. The zero-order valence-electron chi connectivity index (χ0n) is 16.4. The normalized spacial score (nSPS) is 16.4. The molecular formula is C25H22ClN3O. The van der Waals surface area contributed by atoms with Gasteiger partial charge in [0, 0.05) is 23.1 Å². The number of anilines is 1. The van der Waals surface area contributed by atoms with E-state index in [0.29, 0.717) is 17.3 Å². The van der Waals surface area contributed by atoms with E-state index in [1.807, 2.05) is 36.4 Å². The van der Waals surface area contributed by atoms with Crippen molar-refractivity contribution in [1.82, 2.24) is 9.88 Å². The number of fused-ring (bicyclic) bond motifs is 3. The molecule has 0 saturated heterocycles. The Kier molecular flexibility index (Phi) is 5.03. The number of hydrogen-bond donors (Lipinski definition) is 2. The Morgan fingerprint density at radius 1 is 1.00 bits per heavy atom. The number of benzene rings is 3.